The second kappa shape index (κ2) is 12.2. The average Bonchev–Trinajstić information content (AvgIpc) is 2.90. The maximum atomic E-state index is 13.4. The van der Waals surface area contributed by atoms with Crippen LogP contribution in [0.15, 0.2) is 66.7 Å². The Kier molecular flexibility index (Phi) is 8.87. The van der Waals surface area contributed by atoms with Crippen molar-refractivity contribution in [1.29, 1.82) is 5.41 Å². The molecule has 0 saturated carbocycles. The molecule has 0 fully saturated rings. The minimum absolute atomic E-state index is 0.102. The van der Waals surface area contributed by atoms with E-state index in [1.54, 1.807) is 54.6 Å². The fraction of sp³-hybridized carbons (Fsp3) is 0.154. The number of amides is 1. The first-order chi connectivity index (χ1) is 17.3. The van der Waals surface area contributed by atoms with Gasteiger partial charge in [-0.25, -0.2) is 9.59 Å². The van der Waals surface area contributed by atoms with Crippen molar-refractivity contribution in [2.24, 2.45) is 5.73 Å². The van der Waals surface area contributed by atoms with Crippen LogP contribution in [-0.4, -0.2) is 51.5 Å². The second-order valence-electron chi connectivity index (χ2n) is 7.43. The van der Waals surface area contributed by atoms with Gasteiger partial charge in [0.15, 0.2) is 13.6 Å². The van der Waals surface area contributed by atoms with Gasteiger partial charge in [0.1, 0.15) is 5.84 Å². The first-order valence-corrected chi connectivity index (χ1v) is 10.7. The molecule has 36 heavy (non-hydrogen) atoms. The van der Waals surface area contributed by atoms with Crippen molar-refractivity contribution in [3.05, 3.63) is 89.0 Å². The molecule has 186 valence electrons. The maximum absolute atomic E-state index is 13.4. The number of methoxy groups -OCH3 is 2. The van der Waals surface area contributed by atoms with Crippen LogP contribution in [-0.2, 0) is 18.9 Å². The topological polar surface area (TPSA) is 150 Å². The van der Waals surface area contributed by atoms with Crippen LogP contribution in [0.25, 0.3) is 11.1 Å². The predicted octanol–water partition coefficient (Wildman–Crippen LogP) is 3.41. The number of anilines is 1. The van der Waals surface area contributed by atoms with Crippen LogP contribution in [0.5, 0.6) is 0 Å². The summed E-state index contributed by atoms with van der Waals surface area (Å²) in [7, 11) is 2.78. The van der Waals surface area contributed by atoms with Crippen LogP contribution in [0.3, 0.4) is 0 Å². The fourth-order valence-corrected chi connectivity index (χ4v) is 3.31. The van der Waals surface area contributed by atoms with E-state index < -0.39 is 17.8 Å². The van der Waals surface area contributed by atoms with Crippen LogP contribution >= 0.6 is 0 Å². The van der Waals surface area contributed by atoms with Gasteiger partial charge in [-0.15, -0.1) is 0 Å². The first kappa shape index (κ1) is 26.1. The molecule has 10 nitrogen and oxygen atoms in total. The second-order valence-corrected chi connectivity index (χ2v) is 7.43. The van der Waals surface area contributed by atoms with Gasteiger partial charge in [0.2, 0.25) is 0 Å². The Hall–Kier alpha value is -4.54. The zero-order chi connectivity index (χ0) is 26.1. The SMILES string of the molecule is COCOC(=O)c1ccc(-c2ccccc2C(=O)OCOC)c(C(=O)Nc2ccc(C(=N)N)cc2)c1. The first-order valence-electron chi connectivity index (χ1n) is 10.7. The summed E-state index contributed by atoms with van der Waals surface area (Å²) in [6.45, 7) is -0.486. The lowest BCUT2D eigenvalue weighted by Crippen LogP contribution is -2.17. The summed E-state index contributed by atoms with van der Waals surface area (Å²) in [5, 5.41) is 10.3. The van der Waals surface area contributed by atoms with Gasteiger partial charge in [0, 0.05) is 31.0 Å². The summed E-state index contributed by atoms with van der Waals surface area (Å²) in [4.78, 5) is 38.4. The van der Waals surface area contributed by atoms with Gasteiger partial charge in [-0.1, -0.05) is 24.3 Å². The molecule has 0 heterocycles. The number of rotatable bonds is 10. The number of hydrogen-bond donors (Lipinski definition) is 3. The van der Waals surface area contributed by atoms with Gasteiger partial charge in [-0.05, 0) is 53.6 Å². The molecule has 0 atom stereocenters. The lowest BCUT2D eigenvalue weighted by molar-refractivity contribution is -0.0132. The van der Waals surface area contributed by atoms with Gasteiger partial charge in [0.25, 0.3) is 5.91 Å². The third kappa shape index (κ3) is 6.32. The Morgan fingerprint density at radius 3 is 2.00 bits per heavy atom. The molecule has 10 heteroatoms. The minimum Gasteiger partial charge on any atom is -0.435 e. The van der Waals surface area contributed by atoms with Crippen molar-refractivity contribution in [3.63, 3.8) is 0 Å². The summed E-state index contributed by atoms with van der Waals surface area (Å²) in [5.41, 5.74) is 7.69. The number of hydrogen-bond acceptors (Lipinski definition) is 8. The number of nitrogens with one attached hydrogen (secondary N) is 2. The third-order valence-electron chi connectivity index (χ3n) is 5.01. The van der Waals surface area contributed by atoms with Crippen molar-refractivity contribution in [3.8, 4) is 11.1 Å². The molecule has 0 saturated heterocycles. The van der Waals surface area contributed by atoms with Crippen LogP contribution < -0.4 is 11.1 Å². The highest BCUT2D eigenvalue weighted by atomic mass is 16.7. The van der Waals surface area contributed by atoms with Crippen LogP contribution in [0.1, 0.15) is 36.6 Å². The summed E-state index contributed by atoms with van der Waals surface area (Å²) >= 11 is 0. The monoisotopic (exact) mass is 491 g/mol. The van der Waals surface area contributed by atoms with E-state index in [-0.39, 0.29) is 36.1 Å². The van der Waals surface area contributed by atoms with Gasteiger partial charge >= 0.3 is 11.9 Å². The summed E-state index contributed by atoms with van der Waals surface area (Å²) in [6.07, 6.45) is 0. The van der Waals surface area contributed by atoms with E-state index in [2.05, 4.69) is 5.32 Å². The molecule has 0 aromatic heterocycles. The van der Waals surface area contributed by atoms with E-state index in [4.69, 9.17) is 30.1 Å². The molecule has 3 aromatic rings. The average molecular weight is 492 g/mol. The van der Waals surface area contributed by atoms with Crippen molar-refractivity contribution >= 4 is 29.4 Å². The number of carbonyl (C=O) groups is 3. The smallest absolute Gasteiger partial charge is 0.340 e. The van der Waals surface area contributed by atoms with E-state index in [0.717, 1.165) is 0 Å². The molecule has 0 bridgehead atoms. The van der Waals surface area contributed by atoms with Gasteiger partial charge in [-0.2, -0.15) is 0 Å². The van der Waals surface area contributed by atoms with E-state index >= 15 is 0 Å². The zero-order valence-electron chi connectivity index (χ0n) is 19.7. The maximum Gasteiger partial charge on any atom is 0.340 e. The number of nitrogen functional groups attached to an aromatic ring is 1. The molecular weight excluding hydrogens is 466 g/mol. The molecular formula is C26H25N3O7. The largest absolute Gasteiger partial charge is 0.435 e. The molecule has 0 aliphatic carbocycles. The van der Waals surface area contributed by atoms with E-state index in [1.807, 2.05) is 0 Å². The Balaban J connectivity index is 2.05. The van der Waals surface area contributed by atoms with Crippen LogP contribution in [0.4, 0.5) is 5.69 Å². The molecule has 0 aliphatic heterocycles. The molecule has 3 rings (SSSR count). The highest BCUT2D eigenvalue weighted by Gasteiger charge is 2.21. The Morgan fingerprint density at radius 1 is 0.778 bits per heavy atom. The summed E-state index contributed by atoms with van der Waals surface area (Å²) in [6, 6.07) is 17.4. The highest BCUT2D eigenvalue weighted by Crippen LogP contribution is 2.30. The normalized spacial score (nSPS) is 10.4. The molecule has 0 aliphatic rings. The van der Waals surface area contributed by atoms with Gasteiger partial charge in [0.05, 0.1) is 11.1 Å². The Labute approximate surface area is 207 Å². The standard InChI is InChI=1S/C26H25N3O7/c1-33-14-35-25(31)17-9-12-20(19-5-3-4-6-21(19)26(32)36-15-34-2)22(13-17)24(30)29-18-10-7-16(8-11-18)23(27)28/h3-13H,14-15H2,1-2H3,(H3,27,28)(H,29,30). The number of amidine groups is 1. The lowest BCUT2D eigenvalue weighted by atomic mass is 9.93. The van der Waals surface area contributed by atoms with E-state index in [0.29, 0.717) is 22.4 Å². The lowest BCUT2D eigenvalue weighted by Gasteiger charge is -2.15. The third-order valence-corrected chi connectivity index (χ3v) is 5.01. The molecule has 4 N–H and O–H groups in total. The number of carbonyl (C=O) groups excluding carboxylic acids is 3. The van der Waals surface area contributed by atoms with E-state index in [9.17, 15) is 14.4 Å². The van der Waals surface area contributed by atoms with E-state index in [1.165, 1.54) is 26.4 Å². The van der Waals surface area contributed by atoms with Crippen LogP contribution in [0.2, 0.25) is 0 Å². The summed E-state index contributed by atoms with van der Waals surface area (Å²) in [5.74, 6) is -1.96. The predicted molar refractivity (Wildman–Crippen MR) is 132 cm³/mol. The molecule has 3 aromatic carbocycles. The van der Waals surface area contributed by atoms with Crippen molar-refractivity contribution in [1.82, 2.24) is 0 Å². The molecule has 0 radical (unpaired) electrons. The quantitative estimate of drug-likeness (QED) is 0.169. The number of ether oxygens (including phenoxy) is 4. The van der Waals surface area contributed by atoms with Gasteiger partial charge < -0.3 is 30.0 Å². The molecule has 1 amide bonds. The van der Waals surface area contributed by atoms with Crippen molar-refractivity contribution in [2.75, 3.05) is 33.1 Å². The Bertz CT molecular complexity index is 1270. The minimum atomic E-state index is -0.684. The van der Waals surface area contributed by atoms with Crippen molar-refractivity contribution < 1.29 is 33.3 Å². The number of nitrogens with two attached hydrogens (primary N) is 1. The Morgan fingerprint density at radius 2 is 1.36 bits per heavy atom. The zero-order valence-corrected chi connectivity index (χ0v) is 19.7. The highest BCUT2D eigenvalue weighted by molar-refractivity contribution is 6.11. The fourth-order valence-electron chi connectivity index (χ4n) is 3.31. The molecule has 0 spiro atoms. The number of benzene rings is 3. The molecule has 0 unspecified atom stereocenters. The number of esters is 2. The summed E-state index contributed by atoms with van der Waals surface area (Å²) < 4.78 is 19.7. The van der Waals surface area contributed by atoms with Crippen molar-refractivity contribution in [2.45, 2.75) is 0 Å². The van der Waals surface area contributed by atoms with Crippen LogP contribution in [0, 0.1) is 5.41 Å². The van der Waals surface area contributed by atoms with Gasteiger partial charge in [-0.3, -0.25) is 10.2 Å².